The summed E-state index contributed by atoms with van der Waals surface area (Å²) in [6.45, 7) is 4.20. The molecule has 1 saturated heterocycles. The Kier molecular flexibility index (Phi) is 6.09. The molecule has 1 fully saturated rings. The van der Waals surface area contributed by atoms with Crippen LogP contribution in [0.25, 0.3) is 0 Å². The molecule has 0 aromatic carbocycles. The van der Waals surface area contributed by atoms with E-state index in [1.807, 2.05) is 12.3 Å². The minimum atomic E-state index is -3.38. The third-order valence-electron chi connectivity index (χ3n) is 3.85. The van der Waals surface area contributed by atoms with Crippen molar-refractivity contribution in [2.24, 2.45) is 0 Å². The molecule has 128 valence electrons. The van der Waals surface area contributed by atoms with E-state index in [9.17, 15) is 13.2 Å². The number of rotatable bonds is 6. The van der Waals surface area contributed by atoms with Crippen molar-refractivity contribution in [3.63, 3.8) is 0 Å². The van der Waals surface area contributed by atoms with E-state index in [1.165, 1.54) is 5.56 Å². The van der Waals surface area contributed by atoms with Gasteiger partial charge in [-0.1, -0.05) is 6.07 Å². The van der Waals surface area contributed by atoms with Gasteiger partial charge in [0, 0.05) is 38.1 Å². The molecule has 0 bridgehead atoms. The van der Waals surface area contributed by atoms with E-state index in [2.05, 4.69) is 26.0 Å². The zero-order chi connectivity index (χ0) is 16.9. The first kappa shape index (κ1) is 17.8. The number of piperidine rings is 1. The van der Waals surface area contributed by atoms with E-state index in [0.29, 0.717) is 0 Å². The number of amides is 1. The molecule has 0 spiro atoms. The lowest BCUT2D eigenvalue weighted by Crippen LogP contribution is -2.50. The highest BCUT2D eigenvalue weighted by molar-refractivity contribution is 7.88. The van der Waals surface area contributed by atoms with Gasteiger partial charge < -0.3 is 5.32 Å². The largest absolute Gasteiger partial charge is 0.352 e. The minimum absolute atomic E-state index is 0.0939. The SMILES string of the molecule is C[C@H](NS(C)(=O)=O)C(=O)NC1CCN(Cc2cccnc2)CC1. The van der Waals surface area contributed by atoms with Gasteiger partial charge in [-0.2, -0.15) is 0 Å². The Morgan fingerprint density at radius 1 is 1.43 bits per heavy atom. The average Bonchev–Trinajstić information content (AvgIpc) is 2.48. The molecule has 0 radical (unpaired) electrons. The lowest BCUT2D eigenvalue weighted by atomic mass is 10.0. The van der Waals surface area contributed by atoms with Crippen LogP contribution in [0.4, 0.5) is 0 Å². The predicted molar refractivity (Wildman–Crippen MR) is 88.1 cm³/mol. The van der Waals surface area contributed by atoms with Gasteiger partial charge in [0.15, 0.2) is 0 Å². The van der Waals surface area contributed by atoms with Gasteiger partial charge >= 0.3 is 0 Å². The van der Waals surface area contributed by atoms with E-state index in [4.69, 9.17) is 0 Å². The second kappa shape index (κ2) is 7.85. The fourth-order valence-electron chi connectivity index (χ4n) is 2.69. The molecule has 7 nitrogen and oxygen atoms in total. The van der Waals surface area contributed by atoms with Gasteiger partial charge in [0.2, 0.25) is 15.9 Å². The smallest absolute Gasteiger partial charge is 0.238 e. The highest BCUT2D eigenvalue weighted by Gasteiger charge is 2.24. The maximum atomic E-state index is 12.0. The van der Waals surface area contributed by atoms with Crippen LogP contribution >= 0.6 is 0 Å². The third kappa shape index (κ3) is 6.25. The van der Waals surface area contributed by atoms with Crippen molar-refractivity contribution in [2.45, 2.75) is 38.4 Å². The highest BCUT2D eigenvalue weighted by atomic mass is 32.2. The number of carbonyl (C=O) groups excluding carboxylic acids is 1. The number of nitrogens with zero attached hydrogens (tertiary/aromatic N) is 2. The Morgan fingerprint density at radius 3 is 2.70 bits per heavy atom. The van der Waals surface area contributed by atoms with Gasteiger partial charge in [-0.05, 0) is 31.4 Å². The topological polar surface area (TPSA) is 91.4 Å². The van der Waals surface area contributed by atoms with E-state index in [1.54, 1.807) is 13.1 Å². The molecule has 1 amide bonds. The number of hydrogen-bond donors (Lipinski definition) is 2. The predicted octanol–water partition coefficient (Wildman–Crippen LogP) is 0.0999. The summed E-state index contributed by atoms with van der Waals surface area (Å²) in [6.07, 6.45) is 6.40. The van der Waals surface area contributed by atoms with E-state index in [0.717, 1.165) is 38.7 Å². The molecule has 23 heavy (non-hydrogen) atoms. The Labute approximate surface area is 137 Å². The van der Waals surface area contributed by atoms with Crippen LogP contribution in [-0.2, 0) is 21.4 Å². The zero-order valence-electron chi connectivity index (χ0n) is 13.5. The normalized spacial score (nSPS) is 18.5. The number of sulfonamides is 1. The molecule has 0 unspecified atom stereocenters. The number of pyridine rings is 1. The fraction of sp³-hybridized carbons (Fsp3) is 0.600. The number of carbonyl (C=O) groups is 1. The lowest BCUT2D eigenvalue weighted by Gasteiger charge is -2.32. The number of aromatic nitrogens is 1. The van der Waals surface area contributed by atoms with Crippen LogP contribution < -0.4 is 10.0 Å². The molecule has 2 N–H and O–H groups in total. The van der Waals surface area contributed by atoms with Gasteiger partial charge in [-0.15, -0.1) is 0 Å². The summed E-state index contributed by atoms with van der Waals surface area (Å²) in [7, 11) is -3.38. The maximum Gasteiger partial charge on any atom is 0.238 e. The number of likely N-dealkylation sites (tertiary alicyclic amines) is 1. The maximum absolute atomic E-state index is 12.0. The van der Waals surface area contributed by atoms with Crippen molar-refractivity contribution in [3.8, 4) is 0 Å². The molecule has 1 atom stereocenters. The van der Waals surface area contributed by atoms with Gasteiger partial charge in [0.05, 0.1) is 12.3 Å². The third-order valence-corrected chi connectivity index (χ3v) is 4.63. The number of nitrogens with one attached hydrogen (secondary N) is 2. The second-order valence-electron chi connectivity index (χ2n) is 6.03. The van der Waals surface area contributed by atoms with Gasteiger partial charge in [-0.3, -0.25) is 14.7 Å². The van der Waals surface area contributed by atoms with Crippen molar-refractivity contribution in [1.82, 2.24) is 19.9 Å². The highest BCUT2D eigenvalue weighted by Crippen LogP contribution is 2.13. The van der Waals surface area contributed by atoms with Crippen LogP contribution in [-0.4, -0.2) is 55.6 Å². The van der Waals surface area contributed by atoms with Gasteiger partial charge in [0.1, 0.15) is 0 Å². The molecule has 1 aromatic rings. The van der Waals surface area contributed by atoms with Crippen LogP contribution in [0.2, 0.25) is 0 Å². The Morgan fingerprint density at radius 2 is 2.13 bits per heavy atom. The van der Waals surface area contributed by atoms with Crippen LogP contribution in [0.5, 0.6) is 0 Å². The standard InChI is InChI=1S/C15H24N4O3S/c1-12(18-23(2,21)22)15(20)17-14-5-8-19(9-6-14)11-13-4-3-7-16-10-13/h3-4,7,10,12,14,18H,5-6,8-9,11H2,1-2H3,(H,17,20)/t12-/m0/s1. The Balaban J connectivity index is 1.75. The molecule has 1 aliphatic rings. The number of hydrogen-bond acceptors (Lipinski definition) is 5. The fourth-order valence-corrected chi connectivity index (χ4v) is 3.44. The molecule has 8 heteroatoms. The summed E-state index contributed by atoms with van der Waals surface area (Å²) in [4.78, 5) is 18.4. The average molecular weight is 340 g/mol. The molecule has 1 aliphatic heterocycles. The minimum Gasteiger partial charge on any atom is -0.352 e. The first-order chi connectivity index (χ1) is 10.8. The van der Waals surface area contributed by atoms with Crippen LogP contribution in [0.3, 0.4) is 0 Å². The second-order valence-corrected chi connectivity index (χ2v) is 7.81. The monoisotopic (exact) mass is 340 g/mol. The van der Waals surface area contributed by atoms with Crippen molar-refractivity contribution in [2.75, 3.05) is 19.3 Å². The zero-order valence-corrected chi connectivity index (χ0v) is 14.3. The van der Waals surface area contributed by atoms with Crippen molar-refractivity contribution in [1.29, 1.82) is 0 Å². The summed E-state index contributed by atoms with van der Waals surface area (Å²) in [5.74, 6) is -0.277. The quantitative estimate of drug-likeness (QED) is 0.766. The summed E-state index contributed by atoms with van der Waals surface area (Å²) in [6, 6.07) is 3.33. The molecular weight excluding hydrogens is 316 g/mol. The first-order valence-electron chi connectivity index (χ1n) is 7.72. The molecule has 1 aromatic heterocycles. The van der Waals surface area contributed by atoms with Crippen LogP contribution in [0.1, 0.15) is 25.3 Å². The van der Waals surface area contributed by atoms with Crippen molar-refractivity contribution >= 4 is 15.9 Å². The van der Waals surface area contributed by atoms with Crippen molar-refractivity contribution in [3.05, 3.63) is 30.1 Å². The van der Waals surface area contributed by atoms with E-state index < -0.39 is 16.1 Å². The first-order valence-corrected chi connectivity index (χ1v) is 9.61. The summed E-state index contributed by atoms with van der Waals surface area (Å²) >= 11 is 0. The summed E-state index contributed by atoms with van der Waals surface area (Å²) in [5, 5.41) is 2.92. The van der Waals surface area contributed by atoms with Gasteiger partial charge in [0.25, 0.3) is 0 Å². The van der Waals surface area contributed by atoms with Gasteiger partial charge in [-0.25, -0.2) is 13.1 Å². The summed E-state index contributed by atoms with van der Waals surface area (Å²) in [5.41, 5.74) is 1.18. The molecule has 0 saturated carbocycles. The molecule has 0 aliphatic carbocycles. The lowest BCUT2D eigenvalue weighted by molar-refractivity contribution is -0.123. The molecule has 2 rings (SSSR count). The van der Waals surface area contributed by atoms with E-state index in [-0.39, 0.29) is 11.9 Å². The summed E-state index contributed by atoms with van der Waals surface area (Å²) < 4.78 is 24.6. The van der Waals surface area contributed by atoms with Crippen LogP contribution in [0.15, 0.2) is 24.5 Å². The Bertz CT molecular complexity index is 613. The van der Waals surface area contributed by atoms with Crippen LogP contribution in [0, 0.1) is 0 Å². The Hall–Kier alpha value is -1.51. The van der Waals surface area contributed by atoms with Crippen molar-refractivity contribution < 1.29 is 13.2 Å². The molecule has 2 heterocycles. The van der Waals surface area contributed by atoms with E-state index >= 15 is 0 Å². The molecular formula is C15H24N4O3S.